The lowest BCUT2D eigenvalue weighted by Crippen LogP contribution is -2.29. The first-order chi connectivity index (χ1) is 24.3. The summed E-state index contributed by atoms with van der Waals surface area (Å²) in [6.07, 6.45) is 43.0. The van der Waals surface area contributed by atoms with Crippen molar-refractivity contribution < 1.29 is 37.6 Å². The maximum Gasteiger partial charge on any atom is 0.472 e. The van der Waals surface area contributed by atoms with Crippen molar-refractivity contribution in [3.8, 4) is 0 Å². The van der Waals surface area contributed by atoms with Crippen LogP contribution in [0.5, 0.6) is 0 Å². The van der Waals surface area contributed by atoms with Gasteiger partial charge in [0.2, 0.25) is 0 Å². The second-order valence-electron chi connectivity index (χ2n) is 13.1. The third-order valence-electron chi connectivity index (χ3n) is 8.28. The molecule has 2 atom stereocenters. The van der Waals surface area contributed by atoms with Crippen molar-refractivity contribution in [2.45, 2.75) is 180 Å². The van der Waals surface area contributed by atoms with Crippen LogP contribution in [-0.4, -0.2) is 43.3 Å². The summed E-state index contributed by atoms with van der Waals surface area (Å²) >= 11 is 0. The Bertz CT molecular complexity index is 958. The highest BCUT2D eigenvalue weighted by Gasteiger charge is 2.24. The summed E-state index contributed by atoms with van der Waals surface area (Å²) in [5, 5.41) is 0. The van der Waals surface area contributed by atoms with E-state index in [2.05, 4.69) is 67.0 Å². The number of allylic oxidation sites excluding steroid dienone is 8. The van der Waals surface area contributed by atoms with Gasteiger partial charge >= 0.3 is 19.8 Å². The van der Waals surface area contributed by atoms with Crippen molar-refractivity contribution in [1.82, 2.24) is 0 Å². The first-order valence-electron chi connectivity index (χ1n) is 19.8. The van der Waals surface area contributed by atoms with Gasteiger partial charge in [-0.3, -0.25) is 18.6 Å². The highest BCUT2D eigenvalue weighted by Crippen LogP contribution is 2.42. The van der Waals surface area contributed by atoms with Gasteiger partial charge in [0, 0.05) is 20.0 Å². The Kier molecular flexibility index (Phi) is 35.3. The molecule has 0 aliphatic carbocycles. The molecule has 50 heavy (non-hydrogen) atoms. The summed E-state index contributed by atoms with van der Waals surface area (Å²) in [6, 6.07) is 0. The number of rotatable bonds is 36. The second kappa shape index (κ2) is 36.8. The van der Waals surface area contributed by atoms with E-state index in [1.165, 1.54) is 57.8 Å². The van der Waals surface area contributed by atoms with E-state index in [4.69, 9.17) is 14.0 Å². The molecule has 0 aromatic rings. The summed E-state index contributed by atoms with van der Waals surface area (Å²) in [7, 11) is -3.21. The smallest absolute Gasteiger partial charge is 0.462 e. The molecule has 0 aromatic heterocycles. The fraction of sp³-hybridized carbons (Fsp3) is 0.756. The molecule has 290 valence electrons. The molecule has 0 spiro atoms. The van der Waals surface area contributed by atoms with E-state index >= 15 is 0 Å². The molecule has 2 unspecified atom stereocenters. The Morgan fingerprint density at radius 2 is 1.00 bits per heavy atom. The number of phosphoric ester groups is 1. The fourth-order valence-electron chi connectivity index (χ4n) is 5.20. The van der Waals surface area contributed by atoms with E-state index in [9.17, 15) is 19.0 Å². The second-order valence-corrected chi connectivity index (χ2v) is 14.6. The van der Waals surface area contributed by atoms with Gasteiger partial charge in [-0.15, -0.1) is 0 Å². The zero-order valence-corrected chi connectivity index (χ0v) is 32.9. The first-order valence-corrected chi connectivity index (χ1v) is 21.3. The molecular formula is C41H73O8P. The lowest BCUT2D eigenvalue weighted by molar-refractivity contribution is -0.161. The molecule has 1 N–H and O–H groups in total. The summed E-state index contributed by atoms with van der Waals surface area (Å²) in [5.74, 6) is -0.832. The van der Waals surface area contributed by atoms with Gasteiger partial charge in [-0.25, -0.2) is 4.57 Å². The number of ether oxygens (including phenoxy) is 2. The van der Waals surface area contributed by atoms with Gasteiger partial charge in [-0.05, 0) is 70.6 Å². The maximum atomic E-state index is 12.5. The Balaban J connectivity index is 4.07. The topological polar surface area (TPSA) is 108 Å². The quantitative estimate of drug-likeness (QED) is 0.0294. The van der Waals surface area contributed by atoms with Crippen LogP contribution < -0.4 is 0 Å². The van der Waals surface area contributed by atoms with Crippen molar-refractivity contribution in [2.75, 3.05) is 20.3 Å². The van der Waals surface area contributed by atoms with Crippen molar-refractivity contribution in [2.24, 2.45) is 0 Å². The third kappa shape index (κ3) is 35.8. The predicted molar refractivity (Wildman–Crippen MR) is 207 cm³/mol. The molecule has 0 radical (unpaired) electrons. The number of hydrogen-bond acceptors (Lipinski definition) is 7. The SMILES string of the molecule is CCC/C=C\C/C=C\CCCCCCCC(=O)OCC(COP(=O)(O)OC)OC(=O)CCCCCCCCC/C=C\C/C=C\CCCCCC. The van der Waals surface area contributed by atoms with Crippen LogP contribution in [0.25, 0.3) is 0 Å². The molecule has 8 nitrogen and oxygen atoms in total. The van der Waals surface area contributed by atoms with Crippen LogP contribution in [0.3, 0.4) is 0 Å². The summed E-state index contributed by atoms with van der Waals surface area (Å²) < 4.78 is 31.9. The fourth-order valence-corrected chi connectivity index (χ4v) is 5.66. The number of hydrogen-bond donors (Lipinski definition) is 1. The van der Waals surface area contributed by atoms with Gasteiger partial charge in [0.05, 0.1) is 6.61 Å². The van der Waals surface area contributed by atoms with Crippen LogP contribution >= 0.6 is 7.82 Å². The van der Waals surface area contributed by atoms with E-state index < -0.39 is 26.5 Å². The van der Waals surface area contributed by atoms with E-state index in [1.807, 2.05) is 0 Å². The Morgan fingerprint density at radius 1 is 0.560 bits per heavy atom. The zero-order chi connectivity index (χ0) is 36.8. The number of carbonyl (C=O) groups excluding carboxylic acids is 2. The molecule has 0 saturated carbocycles. The van der Waals surface area contributed by atoms with E-state index in [0.717, 1.165) is 90.6 Å². The minimum Gasteiger partial charge on any atom is -0.462 e. The normalized spacial score (nSPS) is 13.9. The molecule has 0 saturated heterocycles. The Morgan fingerprint density at radius 3 is 1.48 bits per heavy atom. The van der Waals surface area contributed by atoms with E-state index in [0.29, 0.717) is 6.42 Å². The summed E-state index contributed by atoms with van der Waals surface area (Å²) in [6.45, 7) is 3.78. The zero-order valence-electron chi connectivity index (χ0n) is 32.0. The molecule has 0 aromatic carbocycles. The molecule has 0 aliphatic heterocycles. The molecule has 9 heteroatoms. The van der Waals surface area contributed by atoms with E-state index in [1.54, 1.807) is 0 Å². The number of phosphoric acid groups is 1. The molecular weight excluding hydrogens is 651 g/mol. The molecule has 0 rings (SSSR count). The molecule has 0 bridgehead atoms. The Labute approximate surface area is 306 Å². The van der Waals surface area contributed by atoms with Gasteiger partial charge in [0.1, 0.15) is 6.61 Å². The predicted octanol–water partition coefficient (Wildman–Crippen LogP) is 12.2. The molecule has 0 amide bonds. The third-order valence-corrected chi connectivity index (χ3v) is 9.21. The van der Waals surface area contributed by atoms with E-state index in [-0.39, 0.29) is 25.4 Å². The lowest BCUT2D eigenvalue weighted by Gasteiger charge is -2.19. The Hall–Kier alpha value is -1.99. The number of esters is 2. The molecule has 0 aliphatic rings. The van der Waals surface area contributed by atoms with Crippen LogP contribution in [-0.2, 0) is 32.7 Å². The summed E-state index contributed by atoms with van der Waals surface area (Å²) in [5.41, 5.74) is 0. The largest absolute Gasteiger partial charge is 0.472 e. The van der Waals surface area contributed by atoms with Crippen LogP contribution in [0.2, 0.25) is 0 Å². The van der Waals surface area contributed by atoms with Crippen LogP contribution in [0.1, 0.15) is 174 Å². The summed E-state index contributed by atoms with van der Waals surface area (Å²) in [4.78, 5) is 34.4. The average Bonchev–Trinajstić information content (AvgIpc) is 3.10. The highest BCUT2D eigenvalue weighted by atomic mass is 31.2. The van der Waals surface area contributed by atoms with Gasteiger partial charge in [-0.2, -0.15) is 0 Å². The minimum atomic E-state index is -4.26. The average molecular weight is 725 g/mol. The van der Waals surface area contributed by atoms with Crippen molar-refractivity contribution in [3.05, 3.63) is 48.6 Å². The van der Waals surface area contributed by atoms with Gasteiger partial charge in [0.25, 0.3) is 0 Å². The lowest BCUT2D eigenvalue weighted by atomic mass is 10.1. The van der Waals surface area contributed by atoms with Crippen LogP contribution in [0, 0.1) is 0 Å². The number of carbonyl (C=O) groups is 2. The number of unbranched alkanes of at least 4 members (excludes halogenated alkanes) is 17. The van der Waals surface area contributed by atoms with Crippen molar-refractivity contribution in [3.63, 3.8) is 0 Å². The van der Waals surface area contributed by atoms with Crippen LogP contribution in [0.15, 0.2) is 48.6 Å². The molecule has 0 heterocycles. The molecule has 0 fully saturated rings. The first kappa shape index (κ1) is 48.0. The van der Waals surface area contributed by atoms with Gasteiger partial charge in [-0.1, -0.05) is 140 Å². The monoisotopic (exact) mass is 725 g/mol. The van der Waals surface area contributed by atoms with Crippen LogP contribution in [0.4, 0.5) is 0 Å². The minimum absolute atomic E-state index is 0.231. The van der Waals surface area contributed by atoms with Crippen molar-refractivity contribution in [1.29, 1.82) is 0 Å². The van der Waals surface area contributed by atoms with Gasteiger partial charge in [0.15, 0.2) is 6.10 Å². The van der Waals surface area contributed by atoms with Gasteiger partial charge < -0.3 is 14.4 Å². The maximum absolute atomic E-state index is 12.5. The van der Waals surface area contributed by atoms with Crippen molar-refractivity contribution >= 4 is 19.8 Å². The highest BCUT2D eigenvalue weighted by molar-refractivity contribution is 7.47. The standard InChI is InChI=1S/C41H73O8P/c1-4-6-8-10-12-14-16-18-19-20-21-22-24-26-28-30-32-34-36-41(43)49-39(38-48-50(44,45)46-3)37-47-40(42)35-33-31-29-27-25-23-17-15-13-11-9-7-5-2/h9,11,14-17,19-20,39H,4-8,10,12-13,18,21-38H2,1-3H3,(H,44,45)/b11-9-,16-14-,17-15-,20-19-.